The van der Waals surface area contributed by atoms with Gasteiger partial charge in [-0.2, -0.15) is 9.36 Å². The van der Waals surface area contributed by atoms with Crippen LogP contribution >= 0.6 is 11.5 Å². The minimum absolute atomic E-state index is 0.922. The maximum atomic E-state index is 4.54. The fourth-order valence-electron chi connectivity index (χ4n) is 1.92. The Labute approximate surface area is 101 Å². The lowest BCUT2D eigenvalue weighted by atomic mass is 10.2. The van der Waals surface area contributed by atoms with Crippen LogP contribution in [0.2, 0.25) is 0 Å². The summed E-state index contributed by atoms with van der Waals surface area (Å²) in [5, 5.41) is 4.25. The summed E-state index contributed by atoms with van der Waals surface area (Å²) in [5.41, 5.74) is 0. The van der Waals surface area contributed by atoms with Crippen molar-refractivity contribution in [2.45, 2.75) is 39.0 Å². The van der Waals surface area contributed by atoms with Crippen molar-refractivity contribution in [3.05, 3.63) is 0 Å². The summed E-state index contributed by atoms with van der Waals surface area (Å²) < 4.78 is 4.43. The van der Waals surface area contributed by atoms with Gasteiger partial charge in [0.15, 0.2) is 0 Å². The van der Waals surface area contributed by atoms with E-state index in [0.717, 1.165) is 37.1 Å². The second kappa shape index (κ2) is 6.03. The molecule has 0 atom stereocenters. The van der Waals surface area contributed by atoms with E-state index >= 15 is 0 Å². The van der Waals surface area contributed by atoms with E-state index in [0.29, 0.717) is 0 Å². The van der Waals surface area contributed by atoms with Crippen molar-refractivity contribution in [3.63, 3.8) is 0 Å². The summed E-state index contributed by atoms with van der Waals surface area (Å²) in [6.07, 6.45) is 6.37. The third-order valence-electron chi connectivity index (χ3n) is 2.83. The molecule has 90 valence electrons. The molecule has 0 aliphatic carbocycles. The third-order valence-corrected chi connectivity index (χ3v) is 3.49. The number of nitrogens with zero attached hydrogens (tertiary/aromatic N) is 3. The monoisotopic (exact) mass is 240 g/mol. The topological polar surface area (TPSA) is 41.1 Å². The van der Waals surface area contributed by atoms with Gasteiger partial charge in [-0.1, -0.05) is 19.8 Å². The predicted octanol–water partition coefficient (Wildman–Crippen LogP) is 2.74. The SMILES string of the molecule is CCCNc1nc(N2CCCCCC2)ns1. The molecule has 1 aromatic heterocycles. The van der Waals surface area contributed by atoms with E-state index in [4.69, 9.17) is 0 Å². The van der Waals surface area contributed by atoms with Crippen molar-refractivity contribution >= 4 is 22.6 Å². The lowest BCUT2D eigenvalue weighted by molar-refractivity contribution is 0.726. The lowest BCUT2D eigenvalue weighted by Gasteiger charge is -2.17. The van der Waals surface area contributed by atoms with Crippen molar-refractivity contribution in [2.75, 3.05) is 29.9 Å². The molecule has 1 aliphatic heterocycles. The smallest absolute Gasteiger partial charge is 0.239 e. The zero-order chi connectivity index (χ0) is 11.2. The number of hydrogen-bond acceptors (Lipinski definition) is 5. The molecule has 0 amide bonds. The van der Waals surface area contributed by atoms with E-state index in [1.54, 1.807) is 0 Å². The van der Waals surface area contributed by atoms with Crippen LogP contribution in [0.1, 0.15) is 39.0 Å². The first kappa shape index (κ1) is 11.6. The molecule has 0 saturated carbocycles. The second-order valence-corrected chi connectivity index (χ2v) is 4.98. The predicted molar refractivity (Wildman–Crippen MR) is 69.4 cm³/mol. The van der Waals surface area contributed by atoms with Gasteiger partial charge in [-0.05, 0) is 19.3 Å². The second-order valence-electron chi connectivity index (χ2n) is 4.23. The molecule has 1 saturated heterocycles. The van der Waals surface area contributed by atoms with Gasteiger partial charge in [0.25, 0.3) is 0 Å². The maximum absolute atomic E-state index is 4.54. The van der Waals surface area contributed by atoms with E-state index in [2.05, 4.69) is 26.5 Å². The van der Waals surface area contributed by atoms with Crippen LogP contribution in [0.3, 0.4) is 0 Å². The molecule has 4 nitrogen and oxygen atoms in total. The number of anilines is 2. The minimum Gasteiger partial charge on any atom is -0.360 e. The van der Waals surface area contributed by atoms with Gasteiger partial charge in [0.1, 0.15) is 0 Å². The van der Waals surface area contributed by atoms with E-state index in [-0.39, 0.29) is 0 Å². The van der Waals surface area contributed by atoms with E-state index in [9.17, 15) is 0 Å². The summed E-state index contributed by atoms with van der Waals surface area (Å²) in [7, 11) is 0. The number of aromatic nitrogens is 2. The van der Waals surface area contributed by atoms with E-state index in [1.165, 1.54) is 37.2 Å². The van der Waals surface area contributed by atoms with Crippen LogP contribution in [-0.2, 0) is 0 Å². The average Bonchev–Trinajstić information content (AvgIpc) is 2.60. The van der Waals surface area contributed by atoms with Crippen LogP contribution < -0.4 is 10.2 Å². The van der Waals surface area contributed by atoms with Crippen molar-refractivity contribution in [1.82, 2.24) is 9.36 Å². The van der Waals surface area contributed by atoms with Crippen molar-refractivity contribution < 1.29 is 0 Å². The molecule has 1 N–H and O–H groups in total. The molecular weight excluding hydrogens is 220 g/mol. The van der Waals surface area contributed by atoms with E-state index in [1.807, 2.05) is 0 Å². The summed E-state index contributed by atoms with van der Waals surface area (Å²) >= 11 is 1.48. The van der Waals surface area contributed by atoms with Gasteiger partial charge in [0, 0.05) is 31.2 Å². The largest absolute Gasteiger partial charge is 0.360 e. The molecule has 2 heterocycles. The van der Waals surface area contributed by atoms with E-state index < -0.39 is 0 Å². The first-order valence-corrected chi connectivity index (χ1v) is 7.00. The highest BCUT2D eigenvalue weighted by Crippen LogP contribution is 2.20. The number of rotatable bonds is 4. The fraction of sp³-hybridized carbons (Fsp3) is 0.818. The Hall–Kier alpha value is -0.840. The molecule has 1 aromatic rings. The Morgan fingerprint density at radius 1 is 1.25 bits per heavy atom. The summed E-state index contributed by atoms with van der Waals surface area (Å²) in [6, 6.07) is 0. The van der Waals surface area contributed by atoms with Gasteiger partial charge in [0.2, 0.25) is 11.1 Å². The van der Waals surface area contributed by atoms with Gasteiger partial charge in [-0.15, -0.1) is 0 Å². The fourth-order valence-corrected chi connectivity index (χ4v) is 2.53. The summed E-state index contributed by atoms with van der Waals surface area (Å²) in [6.45, 7) is 5.37. The molecule has 5 heteroatoms. The van der Waals surface area contributed by atoms with Crippen LogP contribution in [0, 0.1) is 0 Å². The molecule has 0 spiro atoms. The molecule has 0 bridgehead atoms. The van der Waals surface area contributed by atoms with Crippen LogP contribution in [0.4, 0.5) is 11.1 Å². The number of hydrogen-bond donors (Lipinski definition) is 1. The Kier molecular flexibility index (Phi) is 4.39. The summed E-state index contributed by atoms with van der Waals surface area (Å²) in [5.74, 6) is 0.922. The van der Waals surface area contributed by atoms with Gasteiger partial charge >= 0.3 is 0 Å². The van der Waals surface area contributed by atoms with Gasteiger partial charge in [-0.3, -0.25) is 0 Å². The van der Waals surface area contributed by atoms with Crippen molar-refractivity contribution in [3.8, 4) is 0 Å². The van der Waals surface area contributed by atoms with Gasteiger partial charge < -0.3 is 10.2 Å². The first-order valence-electron chi connectivity index (χ1n) is 6.22. The minimum atomic E-state index is 0.922. The quantitative estimate of drug-likeness (QED) is 0.878. The average molecular weight is 240 g/mol. The Bertz CT molecular complexity index is 305. The van der Waals surface area contributed by atoms with Crippen LogP contribution in [-0.4, -0.2) is 29.0 Å². The molecule has 1 fully saturated rings. The molecule has 1 aliphatic rings. The highest BCUT2D eigenvalue weighted by atomic mass is 32.1. The Morgan fingerprint density at radius 3 is 2.69 bits per heavy atom. The van der Waals surface area contributed by atoms with Crippen LogP contribution in [0.5, 0.6) is 0 Å². The lowest BCUT2D eigenvalue weighted by Crippen LogP contribution is -2.24. The standard InChI is InChI=1S/C11H20N4S/c1-2-7-12-11-13-10(14-16-11)15-8-5-3-4-6-9-15/h2-9H2,1H3,(H,12,13,14). The normalized spacial score (nSPS) is 17.2. The van der Waals surface area contributed by atoms with Crippen molar-refractivity contribution in [1.29, 1.82) is 0 Å². The molecule has 2 rings (SSSR count). The van der Waals surface area contributed by atoms with Gasteiger partial charge in [-0.25, -0.2) is 0 Å². The van der Waals surface area contributed by atoms with Gasteiger partial charge in [0.05, 0.1) is 0 Å². The summed E-state index contributed by atoms with van der Waals surface area (Å²) in [4.78, 5) is 6.86. The zero-order valence-electron chi connectivity index (χ0n) is 9.91. The van der Waals surface area contributed by atoms with Crippen molar-refractivity contribution in [2.24, 2.45) is 0 Å². The Morgan fingerprint density at radius 2 is 2.00 bits per heavy atom. The zero-order valence-corrected chi connectivity index (χ0v) is 10.7. The highest BCUT2D eigenvalue weighted by Gasteiger charge is 2.14. The number of nitrogens with one attached hydrogen (secondary N) is 1. The molecule has 0 aromatic carbocycles. The molecular formula is C11H20N4S. The first-order chi connectivity index (χ1) is 7.90. The maximum Gasteiger partial charge on any atom is 0.239 e. The third kappa shape index (κ3) is 3.07. The Balaban J connectivity index is 1.94. The molecule has 16 heavy (non-hydrogen) atoms. The molecule has 0 unspecified atom stereocenters. The highest BCUT2D eigenvalue weighted by molar-refractivity contribution is 7.09. The van der Waals surface area contributed by atoms with Crippen LogP contribution in [0.25, 0.3) is 0 Å². The molecule has 0 radical (unpaired) electrons. The van der Waals surface area contributed by atoms with Crippen LogP contribution in [0.15, 0.2) is 0 Å².